The van der Waals surface area contributed by atoms with Crippen molar-refractivity contribution >= 4 is 21.8 Å². The topological polar surface area (TPSA) is 54.5 Å². The van der Waals surface area contributed by atoms with Crippen LogP contribution < -0.4 is 0 Å². The lowest BCUT2D eigenvalue weighted by Gasteiger charge is -2.10. The zero-order valence-corrected chi connectivity index (χ0v) is 23.3. The van der Waals surface area contributed by atoms with Gasteiger partial charge in [-0.05, 0) is 46.5 Å². The van der Waals surface area contributed by atoms with Crippen LogP contribution in [0.1, 0.15) is 0 Å². The number of benzene rings is 6. The molecule has 0 saturated heterocycles. The van der Waals surface area contributed by atoms with Crippen molar-refractivity contribution in [2.45, 2.75) is 0 Å². The maximum atomic E-state index is 4.95. The fourth-order valence-corrected chi connectivity index (χ4v) is 5.77. The lowest BCUT2D eigenvalue weighted by atomic mass is 9.96. The fraction of sp³-hybridized carbons (Fsp3) is 0. The van der Waals surface area contributed by atoms with Crippen LogP contribution in [0.2, 0.25) is 0 Å². The molecular formula is C39H26N4. The highest BCUT2D eigenvalue weighted by Gasteiger charge is 2.15. The zero-order chi connectivity index (χ0) is 28.6. The summed E-state index contributed by atoms with van der Waals surface area (Å²) in [7, 11) is 0. The van der Waals surface area contributed by atoms with Crippen molar-refractivity contribution in [3.05, 3.63) is 152 Å². The zero-order valence-electron chi connectivity index (χ0n) is 23.3. The summed E-state index contributed by atoms with van der Waals surface area (Å²) < 4.78 is 0. The Morgan fingerprint density at radius 1 is 0.349 bits per heavy atom. The van der Waals surface area contributed by atoms with Crippen LogP contribution in [0, 0.1) is 0 Å². The molecule has 4 heteroatoms. The van der Waals surface area contributed by atoms with Gasteiger partial charge < -0.3 is 4.98 Å². The minimum absolute atomic E-state index is 0.645. The molecule has 0 aliphatic rings. The van der Waals surface area contributed by atoms with E-state index in [0.717, 1.165) is 38.9 Å². The third-order valence-electron chi connectivity index (χ3n) is 7.86. The second-order valence-electron chi connectivity index (χ2n) is 10.6. The molecule has 0 radical (unpaired) electrons. The molecule has 202 valence electrons. The minimum atomic E-state index is 0.645. The number of aromatic amines is 1. The highest BCUT2D eigenvalue weighted by atomic mass is 15.0. The van der Waals surface area contributed by atoms with E-state index in [1.165, 1.54) is 21.9 Å². The van der Waals surface area contributed by atoms with Crippen molar-refractivity contribution in [3.8, 4) is 56.4 Å². The van der Waals surface area contributed by atoms with Gasteiger partial charge in [0.15, 0.2) is 17.5 Å². The highest BCUT2D eigenvalue weighted by molar-refractivity contribution is 6.15. The van der Waals surface area contributed by atoms with Gasteiger partial charge in [-0.3, -0.25) is 0 Å². The predicted molar refractivity (Wildman–Crippen MR) is 176 cm³/mol. The summed E-state index contributed by atoms with van der Waals surface area (Å²) in [5.74, 6) is 1.95. The van der Waals surface area contributed by atoms with Crippen LogP contribution in [-0.2, 0) is 0 Å². The number of H-pyrrole nitrogens is 1. The SMILES string of the molecule is c1ccc(-c2ccc3[nH]c4cccc(-c5cccc(-c6nc(-c7ccccc7)nc(-c7ccccc7)n6)c5)c4c3c2)cc1. The van der Waals surface area contributed by atoms with Gasteiger partial charge in [0.1, 0.15) is 0 Å². The number of fused-ring (bicyclic) bond motifs is 3. The summed E-state index contributed by atoms with van der Waals surface area (Å²) >= 11 is 0. The average molecular weight is 551 g/mol. The average Bonchev–Trinajstić information content (AvgIpc) is 3.47. The normalized spacial score (nSPS) is 11.3. The first-order chi connectivity index (χ1) is 21.3. The summed E-state index contributed by atoms with van der Waals surface area (Å²) in [5.41, 5.74) is 9.76. The van der Waals surface area contributed by atoms with Crippen molar-refractivity contribution < 1.29 is 0 Å². The van der Waals surface area contributed by atoms with E-state index in [1.54, 1.807) is 0 Å². The molecule has 6 aromatic carbocycles. The number of rotatable bonds is 5. The number of aromatic nitrogens is 4. The Morgan fingerprint density at radius 2 is 0.884 bits per heavy atom. The second-order valence-corrected chi connectivity index (χ2v) is 10.6. The minimum Gasteiger partial charge on any atom is -0.354 e. The molecule has 0 aliphatic carbocycles. The Kier molecular flexibility index (Phi) is 6.08. The maximum Gasteiger partial charge on any atom is 0.164 e. The Labute approximate surface area is 249 Å². The van der Waals surface area contributed by atoms with Gasteiger partial charge in [-0.25, -0.2) is 15.0 Å². The smallest absolute Gasteiger partial charge is 0.164 e. The van der Waals surface area contributed by atoms with Gasteiger partial charge in [0.2, 0.25) is 0 Å². The Balaban J connectivity index is 1.29. The summed E-state index contributed by atoms with van der Waals surface area (Å²) in [6.45, 7) is 0. The third-order valence-corrected chi connectivity index (χ3v) is 7.86. The fourth-order valence-electron chi connectivity index (χ4n) is 5.77. The van der Waals surface area contributed by atoms with Crippen LogP contribution >= 0.6 is 0 Å². The lowest BCUT2D eigenvalue weighted by molar-refractivity contribution is 1.07. The molecule has 1 N–H and O–H groups in total. The summed E-state index contributed by atoms with van der Waals surface area (Å²) in [5, 5.41) is 2.41. The standard InChI is InChI=1S/C39H26N4/c1-4-12-26(13-5-1)29-22-23-34-33(25-29)36-32(20-11-21-35(36)40-34)30-18-10-19-31(24-30)39-42-37(27-14-6-2-7-15-27)41-38(43-39)28-16-8-3-9-17-28/h1-25,40H. The van der Waals surface area contributed by atoms with Gasteiger partial charge in [-0.15, -0.1) is 0 Å². The maximum absolute atomic E-state index is 4.95. The van der Waals surface area contributed by atoms with E-state index in [0.29, 0.717) is 17.5 Å². The van der Waals surface area contributed by atoms with Gasteiger partial charge in [0.05, 0.1) is 0 Å². The quantitative estimate of drug-likeness (QED) is 0.232. The van der Waals surface area contributed by atoms with E-state index in [9.17, 15) is 0 Å². The van der Waals surface area contributed by atoms with Crippen LogP contribution in [0.15, 0.2) is 152 Å². The molecular weight excluding hydrogens is 524 g/mol. The van der Waals surface area contributed by atoms with Crippen LogP contribution in [0.4, 0.5) is 0 Å². The van der Waals surface area contributed by atoms with Gasteiger partial charge in [-0.2, -0.15) is 0 Å². The van der Waals surface area contributed by atoms with E-state index < -0.39 is 0 Å². The molecule has 2 heterocycles. The predicted octanol–water partition coefficient (Wildman–Crippen LogP) is 9.84. The lowest BCUT2D eigenvalue weighted by Crippen LogP contribution is -2.00. The Morgan fingerprint density at radius 3 is 1.53 bits per heavy atom. The molecule has 2 aromatic heterocycles. The van der Waals surface area contributed by atoms with E-state index in [-0.39, 0.29) is 0 Å². The van der Waals surface area contributed by atoms with Crippen molar-refractivity contribution in [2.24, 2.45) is 0 Å². The molecule has 0 amide bonds. The van der Waals surface area contributed by atoms with Crippen LogP contribution in [0.3, 0.4) is 0 Å². The van der Waals surface area contributed by atoms with Crippen molar-refractivity contribution in [1.82, 2.24) is 19.9 Å². The number of hydrogen-bond acceptors (Lipinski definition) is 3. The number of nitrogens with zero attached hydrogens (tertiary/aromatic N) is 3. The van der Waals surface area contributed by atoms with Gasteiger partial charge in [-0.1, -0.05) is 127 Å². The molecule has 0 unspecified atom stereocenters. The van der Waals surface area contributed by atoms with Crippen LogP contribution in [0.5, 0.6) is 0 Å². The molecule has 43 heavy (non-hydrogen) atoms. The number of nitrogens with one attached hydrogen (secondary N) is 1. The Bertz CT molecular complexity index is 2160. The van der Waals surface area contributed by atoms with E-state index in [2.05, 4.69) is 96.0 Å². The molecule has 0 spiro atoms. The first-order valence-electron chi connectivity index (χ1n) is 14.4. The van der Waals surface area contributed by atoms with Crippen molar-refractivity contribution in [2.75, 3.05) is 0 Å². The van der Waals surface area contributed by atoms with Crippen LogP contribution in [0.25, 0.3) is 78.2 Å². The van der Waals surface area contributed by atoms with Crippen LogP contribution in [-0.4, -0.2) is 19.9 Å². The monoisotopic (exact) mass is 550 g/mol. The van der Waals surface area contributed by atoms with Crippen molar-refractivity contribution in [3.63, 3.8) is 0 Å². The summed E-state index contributed by atoms with van der Waals surface area (Å²) in [6, 6.07) is 52.3. The Hall–Kier alpha value is -5.87. The summed E-state index contributed by atoms with van der Waals surface area (Å²) in [6.07, 6.45) is 0. The molecule has 4 nitrogen and oxygen atoms in total. The van der Waals surface area contributed by atoms with E-state index >= 15 is 0 Å². The van der Waals surface area contributed by atoms with E-state index in [1.807, 2.05) is 60.7 Å². The van der Waals surface area contributed by atoms with E-state index in [4.69, 9.17) is 15.0 Å². The first-order valence-corrected chi connectivity index (χ1v) is 14.4. The van der Waals surface area contributed by atoms with Crippen molar-refractivity contribution in [1.29, 1.82) is 0 Å². The molecule has 0 saturated carbocycles. The summed E-state index contributed by atoms with van der Waals surface area (Å²) in [4.78, 5) is 18.4. The van der Waals surface area contributed by atoms with Gasteiger partial charge in [0.25, 0.3) is 0 Å². The molecule has 8 aromatic rings. The molecule has 0 fully saturated rings. The molecule has 0 atom stereocenters. The molecule has 8 rings (SSSR count). The highest BCUT2D eigenvalue weighted by Crippen LogP contribution is 2.37. The second kappa shape index (κ2) is 10.5. The largest absolute Gasteiger partial charge is 0.354 e. The van der Waals surface area contributed by atoms with Gasteiger partial charge >= 0.3 is 0 Å². The number of hydrogen-bond donors (Lipinski definition) is 1. The molecule has 0 bridgehead atoms. The third kappa shape index (κ3) is 4.65. The molecule has 0 aliphatic heterocycles. The first kappa shape index (κ1) is 24.9. The van der Waals surface area contributed by atoms with Gasteiger partial charge in [0, 0.05) is 38.5 Å².